The smallest absolute Gasteiger partial charge is 0.159 e. The summed E-state index contributed by atoms with van der Waals surface area (Å²) in [5.74, 6) is 0.810. The Morgan fingerprint density at radius 2 is 1.95 bits per heavy atom. The van der Waals surface area contributed by atoms with Crippen LogP contribution in [0.2, 0.25) is 0 Å². The van der Waals surface area contributed by atoms with Gasteiger partial charge in [-0.05, 0) is 24.6 Å². The van der Waals surface area contributed by atoms with Crippen molar-refractivity contribution in [3.8, 4) is 17.1 Å². The molecule has 0 aliphatic rings. The number of nitrogens with zero attached hydrogens (tertiary/aromatic N) is 2. The fourth-order valence-corrected chi connectivity index (χ4v) is 1.77. The van der Waals surface area contributed by atoms with Gasteiger partial charge in [0.1, 0.15) is 11.5 Å². The van der Waals surface area contributed by atoms with E-state index in [0.717, 1.165) is 11.8 Å². The number of ether oxygens (including phenoxy) is 1. The first kappa shape index (κ1) is 13.7. The Morgan fingerprint density at radius 3 is 2.50 bits per heavy atom. The Balaban J connectivity index is 2.62. The van der Waals surface area contributed by atoms with Gasteiger partial charge >= 0.3 is 0 Å². The molecule has 0 amide bonds. The van der Waals surface area contributed by atoms with Crippen molar-refractivity contribution in [3.05, 3.63) is 41.9 Å². The highest BCUT2D eigenvalue weighted by Gasteiger charge is 2.14. The summed E-state index contributed by atoms with van der Waals surface area (Å²) >= 11 is 0. The number of nitrogen functional groups attached to an aromatic ring is 1. The lowest BCUT2D eigenvalue weighted by molar-refractivity contribution is 0.416. The van der Waals surface area contributed by atoms with Crippen LogP contribution in [0.1, 0.15) is 11.1 Å². The Bertz CT molecular complexity index is 651. The first-order valence-corrected chi connectivity index (χ1v) is 5.94. The molecule has 5 N–H and O–H groups in total. The van der Waals surface area contributed by atoms with Crippen molar-refractivity contribution in [2.24, 2.45) is 5.73 Å². The molecular formula is C14H16N4O2. The van der Waals surface area contributed by atoms with Crippen LogP contribution < -0.4 is 16.2 Å². The first-order chi connectivity index (χ1) is 9.56. The zero-order chi connectivity index (χ0) is 14.7. The van der Waals surface area contributed by atoms with Crippen molar-refractivity contribution in [2.45, 2.75) is 6.92 Å². The number of aromatic nitrogens is 2. The van der Waals surface area contributed by atoms with Crippen LogP contribution in [0.4, 0.5) is 5.69 Å². The van der Waals surface area contributed by atoms with Gasteiger partial charge < -0.3 is 21.3 Å². The van der Waals surface area contributed by atoms with Gasteiger partial charge in [0, 0.05) is 29.7 Å². The Labute approximate surface area is 116 Å². The van der Waals surface area contributed by atoms with E-state index >= 15 is 0 Å². The fourth-order valence-electron chi connectivity index (χ4n) is 1.77. The van der Waals surface area contributed by atoms with Crippen molar-refractivity contribution in [1.82, 2.24) is 9.97 Å². The van der Waals surface area contributed by atoms with E-state index in [9.17, 15) is 5.11 Å². The van der Waals surface area contributed by atoms with Crippen molar-refractivity contribution >= 4 is 11.4 Å². The van der Waals surface area contributed by atoms with Crippen LogP contribution in [0, 0.1) is 6.92 Å². The van der Waals surface area contributed by atoms with Crippen molar-refractivity contribution in [2.75, 3.05) is 12.8 Å². The number of aliphatic hydroxyl groups excluding tert-OH is 1. The average Bonchev–Trinajstić information content (AvgIpc) is 2.47. The van der Waals surface area contributed by atoms with E-state index in [-0.39, 0.29) is 5.76 Å². The van der Waals surface area contributed by atoms with E-state index in [1.807, 2.05) is 6.92 Å². The third kappa shape index (κ3) is 2.49. The Kier molecular flexibility index (Phi) is 3.74. The van der Waals surface area contributed by atoms with Gasteiger partial charge in [-0.15, -0.1) is 0 Å². The highest BCUT2D eigenvalue weighted by molar-refractivity contribution is 5.79. The van der Waals surface area contributed by atoms with E-state index in [0.29, 0.717) is 28.4 Å². The third-order valence-electron chi connectivity index (χ3n) is 2.83. The molecule has 20 heavy (non-hydrogen) atoms. The topological polar surface area (TPSA) is 107 Å². The molecule has 1 aromatic carbocycles. The number of methoxy groups -OCH3 is 1. The summed E-state index contributed by atoms with van der Waals surface area (Å²) in [6.07, 6.45) is 4.50. The summed E-state index contributed by atoms with van der Waals surface area (Å²) in [7, 11) is 1.50. The number of hydrogen-bond acceptors (Lipinski definition) is 6. The minimum Gasteiger partial charge on any atom is -0.506 e. The number of benzene rings is 1. The normalized spacial score (nSPS) is 11.4. The lowest BCUT2D eigenvalue weighted by Gasteiger charge is -2.12. The summed E-state index contributed by atoms with van der Waals surface area (Å²) in [5.41, 5.74) is 13.6. The molecule has 6 nitrogen and oxygen atoms in total. The molecule has 0 radical (unpaired) electrons. The third-order valence-corrected chi connectivity index (χ3v) is 2.83. The molecule has 6 heteroatoms. The molecule has 0 saturated carbocycles. The molecule has 104 valence electrons. The quantitative estimate of drug-likeness (QED) is 0.581. The second-order valence-electron chi connectivity index (χ2n) is 4.28. The Hall–Kier alpha value is -2.76. The first-order valence-electron chi connectivity index (χ1n) is 5.94. The standard InChI is InChI=1S/C14H16N4O2/c1-8-6-17-14(18-7-8)9-3-10(11(19)5-15)13(16)12(4-9)20-2/h3-7,19H,15-16H2,1-2H3/b11-5+. The second-order valence-corrected chi connectivity index (χ2v) is 4.28. The number of aryl methyl sites for hydroxylation is 1. The van der Waals surface area contributed by atoms with Crippen molar-refractivity contribution in [1.29, 1.82) is 0 Å². The van der Waals surface area contributed by atoms with Crippen LogP contribution in [-0.4, -0.2) is 22.2 Å². The lowest BCUT2D eigenvalue weighted by atomic mass is 10.1. The zero-order valence-corrected chi connectivity index (χ0v) is 11.3. The highest BCUT2D eigenvalue weighted by atomic mass is 16.5. The van der Waals surface area contributed by atoms with Gasteiger partial charge in [-0.3, -0.25) is 0 Å². The Morgan fingerprint density at radius 1 is 1.30 bits per heavy atom. The summed E-state index contributed by atoms with van der Waals surface area (Å²) < 4.78 is 5.21. The van der Waals surface area contributed by atoms with Gasteiger partial charge in [-0.2, -0.15) is 0 Å². The lowest BCUT2D eigenvalue weighted by Crippen LogP contribution is -2.01. The molecular weight excluding hydrogens is 256 g/mol. The number of aliphatic hydroxyl groups is 1. The van der Waals surface area contributed by atoms with E-state index in [1.165, 1.54) is 7.11 Å². The molecule has 0 fully saturated rings. The van der Waals surface area contributed by atoms with Crippen LogP contribution in [0.25, 0.3) is 17.1 Å². The monoisotopic (exact) mass is 272 g/mol. The molecule has 0 spiro atoms. The maximum atomic E-state index is 9.81. The van der Waals surface area contributed by atoms with Gasteiger partial charge in [-0.25, -0.2) is 9.97 Å². The van der Waals surface area contributed by atoms with Gasteiger partial charge in [0.2, 0.25) is 0 Å². The largest absolute Gasteiger partial charge is 0.506 e. The van der Waals surface area contributed by atoms with Crippen LogP contribution in [0.5, 0.6) is 5.75 Å². The molecule has 1 aromatic heterocycles. The predicted molar refractivity (Wildman–Crippen MR) is 78.0 cm³/mol. The SMILES string of the molecule is COc1cc(-c2ncc(C)cn2)cc(/C(O)=C\N)c1N. The van der Waals surface area contributed by atoms with Gasteiger partial charge in [0.05, 0.1) is 12.8 Å². The number of rotatable bonds is 3. The fraction of sp³-hybridized carbons (Fsp3) is 0.143. The molecule has 0 aliphatic heterocycles. The van der Waals surface area contributed by atoms with E-state index in [1.54, 1.807) is 24.5 Å². The average molecular weight is 272 g/mol. The van der Waals surface area contributed by atoms with Gasteiger partial charge in [0.25, 0.3) is 0 Å². The van der Waals surface area contributed by atoms with Crippen LogP contribution in [0.3, 0.4) is 0 Å². The van der Waals surface area contributed by atoms with Crippen LogP contribution >= 0.6 is 0 Å². The molecule has 0 saturated heterocycles. The molecule has 2 aromatic rings. The minimum absolute atomic E-state index is 0.130. The van der Waals surface area contributed by atoms with Crippen molar-refractivity contribution < 1.29 is 9.84 Å². The van der Waals surface area contributed by atoms with Crippen molar-refractivity contribution in [3.63, 3.8) is 0 Å². The second kappa shape index (κ2) is 5.48. The maximum Gasteiger partial charge on any atom is 0.159 e. The summed E-state index contributed by atoms with van der Waals surface area (Å²) in [6, 6.07) is 3.38. The van der Waals surface area contributed by atoms with Gasteiger partial charge in [-0.1, -0.05) is 0 Å². The number of nitrogens with two attached hydrogens (primary N) is 2. The minimum atomic E-state index is -0.130. The highest BCUT2D eigenvalue weighted by Crippen LogP contribution is 2.33. The molecule has 0 atom stereocenters. The molecule has 0 aliphatic carbocycles. The van der Waals surface area contributed by atoms with E-state index < -0.39 is 0 Å². The van der Waals surface area contributed by atoms with E-state index in [2.05, 4.69) is 9.97 Å². The number of hydrogen-bond donors (Lipinski definition) is 3. The molecule has 0 bridgehead atoms. The summed E-state index contributed by atoms with van der Waals surface area (Å²) in [4.78, 5) is 8.48. The number of anilines is 1. The maximum absolute atomic E-state index is 9.81. The molecule has 2 rings (SSSR count). The zero-order valence-electron chi connectivity index (χ0n) is 11.3. The van der Waals surface area contributed by atoms with Crippen LogP contribution in [-0.2, 0) is 0 Å². The predicted octanol–water partition coefficient (Wildman–Crippen LogP) is 1.86. The van der Waals surface area contributed by atoms with Gasteiger partial charge in [0.15, 0.2) is 5.82 Å². The molecule has 1 heterocycles. The van der Waals surface area contributed by atoms with Crippen LogP contribution in [0.15, 0.2) is 30.7 Å². The summed E-state index contributed by atoms with van der Waals surface area (Å²) in [6.45, 7) is 1.90. The summed E-state index contributed by atoms with van der Waals surface area (Å²) in [5, 5.41) is 9.81. The molecule has 0 unspecified atom stereocenters. The van der Waals surface area contributed by atoms with E-state index in [4.69, 9.17) is 16.2 Å².